The number of benzene rings is 1. The Labute approximate surface area is 146 Å². The lowest BCUT2D eigenvalue weighted by molar-refractivity contribution is 0.0705. The summed E-state index contributed by atoms with van der Waals surface area (Å²) in [5.41, 5.74) is 0.317. The summed E-state index contributed by atoms with van der Waals surface area (Å²) in [6.45, 7) is 2.33. The van der Waals surface area contributed by atoms with Gasteiger partial charge in [-0.2, -0.15) is 8.78 Å². The van der Waals surface area contributed by atoms with Crippen molar-refractivity contribution in [3.8, 4) is 0 Å². The Bertz CT molecular complexity index is 710. The van der Waals surface area contributed by atoms with Crippen LogP contribution in [0, 0.1) is 5.92 Å². The molecule has 1 aromatic carbocycles. The van der Waals surface area contributed by atoms with Gasteiger partial charge in [0, 0.05) is 24.7 Å². The summed E-state index contributed by atoms with van der Waals surface area (Å²) in [5, 5.41) is 3.54. The van der Waals surface area contributed by atoms with Crippen molar-refractivity contribution >= 4 is 15.7 Å². The summed E-state index contributed by atoms with van der Waals surface area (Å²) in [6, 6.07) is 5.17. The van der Waals surface area contributed by atoms with E-state index in [0.717, 1.165) is 37.4 Å². The van der Waals surface area contributed by atoms with Crippen LogP contribution in [-0.4, -0.2) is 50.7 Å². The number of carbonyl (C=O) groups is 1. The summed E-state index contributed by atoms with van der Waals surface area (Å²) in [5.74, 6) is -2.83. The molecule has 8 heteroatoms. The standard InChI is InChI=1S/C17H22F2N2O3S/c18-17(19)25(23,24)15-5-3-13(4-6-15)16(22)21-9-7-14(8-10-21)20-11-12-1-2-12/h3-6,12,14,17,20H,1-2,7-11H2. The molecule has 0 atom stereocenters. The zero-order chi connectivity index (χ0) is 18.0. The number of piperidine rings is 1. The van der Waals surface area contributed by atoms with Crippen molar-refractivity contribution in [1.29, 1.82) is 0 Å². The minimum Gasteiger partial charge on any atom is -0.339 e. The van der Waals surface area contributed by atoms with Gasteiger partial charge in [0.15, 0.2) is 0 Å². The molecule has 0 unspecified atom stereocenters. The van der Waals surface area contributed by atoms with E-state index in [1.165, 1.54) is 25.0 Å². The summed E-state index contributed by atoms with van der Waals surface area (Å²) in [6.07, 6.45) is 4.38. The number of halogens is 2. The van der Waals surface area contributed by atoms with Crippen LogP contribution in [0.4, 0.5) is 8.78 Å². The van der Waals surface area contributed by atoms with Crippen molar-refractivity contribution < 1.29 is 22.0 Å². The monoisotopic (exact) mass is 372 g/mol. The number of alkyl halides is 2. The van der Waals surface area contributed by atoms with E-state index in [9.17, 15) is 22.0 Å². The Balaban J connectivity index is 1.56. The van der Waals surface area contributed by atoms with E-state index in [0.29, 0.717) is 24.7 Å². The first-order valence-corrected chi connectivity index (χ1v) is 10.1. The molecule has 0 spiro atoms. The lowest BCUT2D eigenvalue weighted by Crippen LogP contribution is -2.45. The molecule has 1 N–H and O–H groups in total. The number of rotatable bonds is 6. The van der Waals surface area contributed by atoms with Gasteiger partial charge in [0.05, 0.1) is 4.90 Å². The van der Waals surface area contributed by atoms with Gasteiger partial charge in [0.25, 0.3) is 5.91 Å². The molecule has 5 nitrogen and oxygen atoms in total. The average molecular weight is 372 g/mol. The number of hydrogen-bond acceptors (Lipinski definition) is 4. The van der Waals surface area contributed by atoms with E-state index in [-0.39, 0.29) is 5.91 Å². The molecule has 3 rings (SSSR count). The first-order chi connectivity index (χ1) is 11.9. The van der Waals surface area contributed by atoms with Crippen molar-refractivity contribution in [3.05, 3.63) is 29.8 Å². The van der Waals surface area contributed by atoms with Crippen LogP contribution in [0.1, 0.15) is 36.0 Å². The Morgan fingerprint density at radius 3 is 2.24 bits per heavy atom. The number of likely N-dealkylation sites (tertiary alicyclic amines) is 1. The minimum atomic E-state index is -4.63. The largest absolute Gasteiger partial charge is 0.341 e. The van der Waals surface area contributed by atoms with Crippen LogP contribution in [0.25, 0.3) is 0 Å². The summed E-state index contributed by atoms with van der Waals surface area (Å²) < 4.78 is 47.9. The highest BCUT2D eigenvalue weighted by atomic mass is 32.2. The summed E-state index contributed by atoms with van der Waals surface area (Å²) in [4.78, 5) is 13.7. The second-order valence-corrected chi connectivity index (χ2v) is 8.67. The van der Waals surface area contributed by atoms with Gasteiger partial charge in [-0.25, -0.2) is 8.42 Å². The predicted molar refractivity (Wildman–Crippen MR) is 89.3 cm³/mol. The number of carbonyl (C=O) groups excluding carboxylic acids is 1. The van der Waals surface area contributed by atoms with Crippen molar-refractivity contribution in [3.63, 3.8) is 0 Å². The SMILES string of the molecule is O=C(c1ccc(S(=O)(=O)C(F)F)cc1)N1CCC(NCC2CC2)CC1. The quantitative estimate of drug-likeness (QED) is 0.832. The molecular weight excluding hydrogens is 350 g/mol. The fourth-order valence-electron chi connectivity index (χ4n) is 3.01. The van der Waals surface area contributed by atoms with E-state index in [4.69, 9.17) is 0 Å². The number of nitrogens with one attached hydrogen (secondary N) is 1. The normalized spacial score (nSPS) is 19.4. The first kappa shape index (κ1) is 18.3. The predicted octanol–water partition coefficient (Wildman–Crippen LogP) is 2.29. The lowest BCUT2D eigenvalue weighted by Gasteiger charge is -2.32. The van der Waals surface area contributed by atoms with E-state index < -0.39 is 20.5 Å². The maximum Gasteiger partial charge on any atom is 0.341 e. The smallest absolute Gasteiger partial charge is 0.339 e. The second kappa shape index (κ2) is 7.37. The van der Waals surface area contributed by atoms with Crippen molar-refractivity contribution in [2.75, 3.05) is 19.6 Å². The molecule has 0 radical (unpaired) electrons. The molecule has 25 heavy (non-hydrogen) atoms. The highest BCUT2D eigenvalue weighted by molar-refractivity contribution is 7.91. The van der Waals surface area contributed by atoms with Crippen molar-refractivity contribution in [2.45, 2.75) is 42.4 Å². The van der Waals surface area contributed by atoms with Crippen LogP contribution in [0.15, 0.2) is 29.2 Å². The van der Waals surface area contributed by atoms with Crippen LogP contribution in [-0.2, 0) is 9.84 Å². The zero-order valence-electron chi connectivity index (χ0n) is 13.8. The fraction of sp³-hybridized carbons (Fsp3) is 0.588. The number of amides is 1. The van der Waals surface area contributed by atoms with Crippen LogP contribution in [0.2, 0.25) is 0 Å². The number of nitrogens with zero attached hydrogens (tertiary/aromatic N) is 1. The van der Waals surface area contributed by atoms with Crippen LogP contribution in [0.3, 0.4) is 0 Å². The third-order valence-corrected chi connectivity index (χ3v) is 6.24. The average Bonchev–Trinajstić information content (AvgIpc) is 3.44. The van der Waals surface area contributed by atoms with Gasteiger partial charge < -0.3 is 10.2 Å². The highest BCUT2D eigenvalue weighted by Gasteiger charge is 2.28. The molecular formula is C17H22F2N2O3S. The molecule has 1 saturated carbocycles. The van der Waals surface area contributed by atoms with E-state index in [2.05, 4.69) is 5.32 Å². The Hall–Kier alpha value is -1.54. The molecule has 2 aliphatic rings. The highest BCUT2D eigenvalue weighted by Crippen LogP contribution is 2.28. The second-order valence-electron chi connectivity index (χ2n) is 6.75. The molecule has 1 heterocycles. The molecule has 1 saturated heterocycles. The maximum absolute atomic E-state index is 12.5. The van der Waals surface area contributed by atoms with Crippen LogP contribution in [0.5, 0.6) is 0 Å². The summed E-state index contributed by atoms with van der Waals surface area (Å²) in [7, 11) is -4.63. The third kappa shape index (κ3) is 4.36. The first-order valence-electron chi connectivity index (χ1n) is 8.52. The topological polar surface area (TPSA) is 66.5 Å². The molecule has 0 aromatic heterocycles. The van der Waals surface area contributed by atoms with E-state index in [1.807, 2.05) is 0 Å². The van der Waals surface area contributed by atoms with Crippen LogP contribution < -0.4 is 5.32 Å². The fourth-order valence-corrected chi connectivity index (χ4v) is 3.74. The molecule has 0 bridgehead atoms. The minimum absolute atomic E-state index is 0.193. The number of sulfone groups is 1. The van der Waals surface area contributed by atoms with Gasteiger partial charge in [0.2, 0.25) is 9.84 Å². The molecule has 1 aromatic rings. The van der Waals surface area contributed by atoms with Crippen molar-refractivity contribution in [1.82, 2.24) is 10.2 Å². The summed E-state index contributed by atoms with van der Waals surface area (Å²) >= 11 is 0. The molecule has 2 fully saturated rings. The third-order valence-electron chi connectivity index (χ3n) is 4.84. The van der Waals surface area contributed by atoms with Gasteiger partial charge in [0.1, 0.15) is 0 Å². The maximum atomic E-state index is 12.5. The van der Waals surface area contributed by atoms with Gasteiger partial charge in [-0.1, -0.05) is 0 Å². The molecule has 1 amide bonds. The van der Waals surface area contributed by atoms with Gasteiger partial charge >= 0.3 is 5.76 Å². The van der Waals surface area contributed by atoms with Crippen LogP contribution >= 0.6 is 0 Å². The Morgan fingerprint density at radius 1 is 1.12 bits per heavy atom. The molecule has 1 aliphatic carbocycles. The zero-order valence-corrected chi connectivity index (χ0v) is 14.6. The van der Waals surface area contributed by atoms with Crippen molar-refractivity contribution in [2.24, 2.45) is 5.92 Å². The van der Waals surface area contributed by atoms with Gasteiger partial charge in [-0.15, -0.1) is 0 Å². The van der Waals surface area contributed by atoms with Gasteiger partial charge in [-0.3, -0.25) is 4.79 Å². The lowest BCUT2D eigenvalue weighted by atomic mass is 10.0. The number of hydrogen-bond donors (Lipinski definition) is 1. The van der Waals surface area contributed by atoms with Gasteiger partial charge in [-0.05, 0) is 62.4 Å². The molecule has 138 valence electrons. The Kier molecular flexibility index (Phi) is 5.38. The Morgan fingerprint density at radius 2 is 1.72 bits per heavy atom. The van der Waals surface area contributed by atoms with E-state index >= 15 is 0 Å². The van der Waals surface area contributed by atoms with E-state index in [1.54, 1.807) is 4.90 Å². The molecule has 1 aliphatic heterocycles.